The van der Waals surface area contributed by atoms with Crippen molar-refractivity contribution < 1.29 is 22.5 Å². The SMILES string of the molecule is CC(=O)N(Cc1ccc(-c2noc(C(F)(F)F)n2)s1)C1CC1. The van der Waals surface area contributed by atoms with E-state index >= 15 is 0 Å². The highest BCUT2D eigenvalue weighted by molar-refractivity contribution is 7.15. The summed E-state index contributed by atoms with van der Waals surface area (Å²) in [5.74, 6) is -1.46. The summed E-state index contributed by atoms with van der Waals surface area (Å²) in [6, 6.07) is 3.68. The second-order valence-corrected chi connectivity index (χ2v) is 6.23. The second-order valence-electron chi connectivity index (χ2n) is 5.06. The van der Waals surface area contributed by atoms with Crippen LogP contribution < -0.4 is 0 Å². The largest absolute Gasteiger partial charge is 0.471 e. The number of alkyl halides is 3. The molecule has 5 nitrogen and oxygen atoms in total. The van der Waals surface area contributed by atoms with Gasteiger partial charge >= 0.3 is 12.1 Å². The van der Waals surface area contributed by atoms with Gasteiger partial charge in [0.1, 0.15) is 0 Å². The quantitative estimate of drug-likeness (QED) is 0.862. The summed E-state index contributed by atoms with van der Waals surface area (Å²) in [7, 11) is 0. The summed E-state index contributed by atoms with van der Waals surface area (Å²) >= 11 is 1.25. The first-order valence-electron chi connectivity index (χ1n) is 6.62. The van der Waals surface area contributed by atoms with Gasteiger partial charge in [0.05, 0.1) is 11.4 Å². The van der Waals surface area contributed by atoms with Crippen LogP contribution in [0.5, 0.6) is 0 Å². The number of rotatable bonds is 4. The molecular weight excluding hydrogens is 319 g/mol. The van der Waals surface area contributed by atoms with E-state index in [4.69, 9.17) is 0 Å². The van der Waals surface area contributed by atoms with Crippen LogP contribution in [0.15, 0.2) is 16.7 Å². The zero-order valence-corrected chi connectivity index (χ0v) is 12.4. The molecule has 0 spiro atoms. The molecule has 22 heavy (non-hydrogen) atoms. The number of thiophene rings is 1. The van der Waals surface area contributed by atoms with Crippen molar-refractivity contribution in [3.8, 4) is 10.7 Å². The highest BCUT2D eigenvalue weighted by atomic mass is 32.1. The monoisotopic (exact) mass is 331 g/mol. The minimum Gasteiger partial charge on any atom is -0.335 e. The molecule has 9 heteroatoms. The lowest BCUT2D eigenvalue weighted by Gasteiger charge is -2.19. The molecule has 1 aliphatic carbocycles. The summed E-state index contributed by atoms with van der Waals surface area (Å²) in [6.07, 6.45) is -2.65. The molecule has 0 saturated heterocycles. The Morgan fingerprint density at radius 3 is 2.73 bits per heavy atom. The molecule has 0 unspecified atom stereocenters. The molecule has 0 radical (unpaired) electrons. The molecule has 1 fully saturated rings. The Kier molecular flexibility index (Phi) is 3.67. The number of nitrogens with zero attached hydrogens (tertiary/aromatic N) is 3. The van der Waals surface area contributed by atoms with Gasteiger partial charge in [-0.1, -0.05) is 5.16 Å². The molecule has 2 aromatic rings. The lowest BCUT2D eigenvalue weighted by atomic mass is 10.3. The highest BCUT2D eigenvalue weighted by Gasteiger charge is 2.38. The number of carbonyl (C=O) groups excluding carboxylic acids is 1. The van der Waals surface area contributed by atoms with Gasteiger partial charge in [-0.05, 0) is 25.0 Å². The third-order valence-electron chi connectivity index (χ3n) is 3.27. The van der Waals surface area contributed by atoms with Gasteiger partial charge in [0, 0.05) is 17.8 Å². The van der Waals surface area contributed by atoms with Crippen molar-refractivity contribution in [3.63, 3.8) is 0 Å². The van der Waals surface area contributed by atoms with Crippen molar-refractivity contribution >= 4 is 17.2 Å². The first-order chi connectivity index (χ1) is 10.3. The molecule has 118 valence electrons. The molecule has 2 aromatic heterocycles. The summed E-state index contributed by atoms with van der Waals surface area (Å²) in [4.78, 5) is 18.1. The van der Waals surface area contributed by atoms with Crippen molar-refractivity contribution in [2.75, 3.05) is 0 Å². The van der Waals surface area contributed by atoms with E-state index in [1.807, 2.05) is 0 Å². The number of hydrogen-bond donors (Lipinski definition) is 0. The van der Waals surface area contributed by atoms with Crippen LogP contribution in [-0.2, 0) is 17.5 Å². The van der Waals surface area contributed by atoms with Crippen molar-refractivity contribution in [1.82, 2.24) is 15.0 Å². The minimum absolute atomic E-state index is 0.00336. The summed E-state index contributed by atoms with van der Waals surface area (Å²) in [6.45, 7) is 1.97. The van der Waals surface area contributed by atoms with Gasteiger partial charge in [0.15, 0.2) is 0 Å². The predicted octanol–water partition coefficient (Wildman–Crippen LogP) is 3.33. The van der Waals surface area contributed by atoms with Crippen LogP contribution in [0.25, 0.3) is 10.7 Å². The van der Waals surface area contributed by atoms with E-state index in [9.17, 15) is 18.0 Å². The van der Waals surface area contributed by atoms with E-state index in [1.165, 1.54) is 18.3 Å². The van der Waals surface area contributed by atoms with E-state index in [2.05, 4.69) is 14.7 Å². The average Bonchev–Trinajstić information content (AvgIpc) is 2.96. The molecule has 0 aromatic carbocycles. The van der Waals surface area contributed by atoms with Gasteiger partial charge in [-0.3, -0.25) is 4.79 Å². The Morgan fingerprint density at radius 2 is 2.18 bits per heavy atom. The summed E-state index contributed by atoms with van der Waals surface area (Å²) in [5, 5.41) is 3.35. The molecule has 3 rings (SSSR count). The van der Waals surface area contributed by atoms with Crippen molar-refractivity contribution in [3.05, 3.63) is 22.9 Å². The number of hydrogen-bond acceptors (Lipinski definition) is 5. The van der Waals surface area contributed by atoms with E-state index in [0.717, 1.165) is 17.7 Å². The van der Waals surface area contributed by atoms with Gasteiger partial charge in [0.2, 0.25) is 11.7 Å². The first kappa shape index (κ1) is 15.0. The second kappa shape index (κ2) is 5.38. The fraction of sp³-hybridized carbons (Fsp3) is 0.462. The Morgan fingerprint density at radius 1 is 1.45 bits per heavy atom. The Balaban J connectivity index is 1.76. The lowest BCUT2D eigenvalue weighted by Crippen LogP contribution is -2.29. The van der Waals surface area contributed by atoms with Gasteiger partial charge < -0.3 is 9.42 Å². The molecule has 1 aliphatic rings. The van der Waals surface area contributed by atoms with Crippen LogP contribution in [0.4, 0.5) is 13.2 Å². The lowest BCUT2D eigenvalue weighted by molar-refractivity contribution is -0.159. The maximum Gasteiger partial charge on any atom is 0.471 e. The molecular formula is C13H12F3N3O2S. The summed E-state index contributed by atoms with van der Waals surface area (Å²) in [5.41, 5.74) is 0. The zero-order chi connectivity index (χ0) is 15.9. The summed E-state index contributed by atoms with van der Waals surface area (Å²) < 4.78 is 41.5. The number of amides is 1. The molecule has 0 aliphatic heterocycles. The smallest absolute Gasteiger partial charge is 0.335 e. The van der Waals surface area contributed by atoms with E-state index < -0.39 is 12.1 Å². The Bertz CT molecular complexity index is 691. The third-order valence-corrected chi connectivity index (χ3v) is 4.33. The van der Waals surface area contributed by atoms with Crippen LogP contribution in [0, 0.1) is 0 Å². The Hall–Kier alpha value is -1.90. The van der Waals surface area contributed by atoms with E-state index in [0.29, 0.717) is 11.4 Å². The standard InChI is InChI=1S/C13H12F3N3O2S/c1-7(20)19(8-2-3-8)6-9-4-5-10(22-9)11-17-12(21-18-11)13(14,15)16/h4-5,8H,2-3,6H2,1H3. The third kappa shape index (κ3) is 3.13. The molecule has 2 heterocycles. The zero-order valence-electron chi connectivity index (χ0n) is 11.6. The van der Waals surface area contributed by atoms with Gasteiger partial charge in [-0.25, -0.2) is 0 Å². The van der Waals surface area contributed by atoms with Crippen molar-refractivity contribution in [2.45, 2.75) is 38.5 Å². The average molecular weight is 331 g/mol. The van der Waals surface area contributed by atoms with Crippen LogP contribution in [0.2, 0.25) is 0 Å². The van der Waals surface area contributed by atoms with Crippen LogP contribution in [0.1, 0.15) is 30.5 Å². The van der Waals surface area contributed by atoms with Gasteiger partial charge in [-0.15, -0.1) is 11.3 Å². The van der Waals surface area contributed by atoms with Crippen molar-refractivity contribution in [1.29, 1.82) is 0 Å². The molecule has 1 amide bonds. The number of carbonyl (C=O) groups is 1. The van der Waals surface area contributed by atoms with Crippen LogP contribution >= 0.6 is 11.3 Å². The van der Waals surface area contributed by atoms with Crippen LogP contribution in [-0.4, -0.2) is 27.0 Å². The van der Waals surface area contributed by atoms with E-state index in [1.54, 1.807) is 17.0 Å². The first-order valence-corrected chi connectivity index (χ1v) is 7.43. The van der Waals surface area contributed by atoms with Crippen LogP contribution in [0.3, 0.4) is 0 Å². The maximum absolute atomic E-state index is 12.4. The Labute approximate surface area is 127 Å². The van der Waals surface area contributed by atoms with Gasteiger partial charge in [0.25, 0.3) is 0 Å². The molecule has 0 N–H and O–H groups in total. The fourth-order valence-corrected chi connectivity index (χ4v) is 3.01. The minimum atomic E-state index is -4.65. The molecule has 1 saturated carbocycles. The molecule has 0 bridgehead atoms. The van der Waals surface area contributed by atoms with Crippen molar-refractivity contribution in [2.24, 2.45) is 0 Å². The number of aromatic nitrogens is 2. The number of halogens is 3. The topological polar surface area (TPSA) is 59.2 Å². The van der Waals surface area contributed by atoms with Gasteiger partial charge in [-0.2, -0.15) is 18.2 Å². The maximum atomic E-state index is 12.4. The fourth-order valence-electron chi connectivity index (χ4n) is 2.07. The molecule has 0 atom stereocenters. The normalized spacial score (nSPS) is 15.1. The van der Waals surface area contributed by atoms with E-state index in [-0.39, 0.29) is 17.8 Å². The predicted molar refractivity (Wildman–Crippen MR) is 71.9 cm³/mol. The highest BCUT2D eigenvalue weighted by Crippen LogP contribution is 2.33.